The van der Waals surface area contributed by atoms with E-state index in [9.17, 15) is 9.59 Å². The molecule has 0 N–H and O–H groups in total. The minimum atomic E-state index is -0.526. The van der Waals surface area contributed by atoms with Gasteiger partial charge in [0.1, 0.15) is 11.2 Å². The normalized spacial score (nSPS) is 12.4. The van der Waals surface area contributed by atoms with Crippen LogP contribution in [-0.2, 0) is 4.74 Å². The van der Waals surface area contributed by atoms with E-state index in [0.717, 1.165) is 43.4 Å². The smallest absolute Gasteiger partial charge is 0.338 e. The van der Waals surface area contributed by atoms with Gasteiger partial charge >= 0.3 is 5.97 Å². The van der Waals surface area contributed by atoms with Gasteiger partial charge in [-0.25, -0.2) is 4.79 Å². The Labute approximate surface area is 243 Å². The predicted molar refractivity (Wildman–Crippen MR) is 164 cm³/mol. The van der Waals surface area contributed by atoms with Crippen molar-refractivity contribution in [3.63, 3.8) is 0 Å². The molecule has 0 bridgehead atoms. The molecule has 6 aromatic carbocycles. The van der Waals surface area contributed by atoms with Gasteiger partial charge in [-0.3, -0.25) is 4.79 Å². The summed E-state index contributed by atoms with van der Waals surface area (Å²) >= 11 is 13.3. The number of hydrogen-bond acceptors (Lipinski definition) is 4. The number of furan rings is 1. The third kappa shape index (κ3) is 3.23. The summed E-state index contributed by atoms with van der Waals surface area (Å²) in [7, 11) is 1.34. The number of carbonyl (C=O) groups is 2. The molecule has 0 spiro atoms. The summed E-state index contributed by atoms with van der Waals surface area (Å²) in [4.78, 5) is 27.3. The molecule has 0 fully saturated rings. The van der Waals surface area contributed by atoms with Crippen LogP contribution in [0.1, 0.15) is 26.3 Å². The number of hydrogen-bond donors (Lipinski definition) is 0. The summed E-state index contributed by atoms with van der Waals surface area (Å²) in [5.41, 5.74) is 5.42. The fraction of sp³-hybridized carbons (Fsp3) is 0.0286. The van der Waals surface area contributed by atoms with Crippen LogP contribution < -0.4 is 0 Å². The van der Waals surface area contributed by atoms with Crippen molar-refractivity contribution in [2.24, 2.45) is 0 Å². The highest BCUT2D eigenvalue weighted by Gasteiger charge is 2.35. The average molecular weight is 573 g/mol. The molecule has 7 aromatic rings. The molecule has 1 aliphatic carbocycles. The highest BCUT2D eigenvalue weighted by Crippen LogP contribution is 2.52. The third-order valence-corrected chi connectivity index (χ3v) is 8.68. The number of rotatable bonds is 2. The zero-order chi connectivity index (χ0) is 28.0. The quantitative estimate of drug-likeness (QED) is 0.193. The van der Waals surface area contributed by atoms with Gasteiger partial charge in [0.15, 0.2) is 5.78 Å². The lowest BCUT2D eigenvalue weighted by Crippen LogP contribution is -2.05. The van der Waals surface area contributed by atoms with Gasteiger partial charge in [0.25, 0.3) is 0 Å². The van der Waals surface area contributed by atoms with Crippen LogP contribution in [0.2, 0.25) is 10.0 Å². The molecular formula is C35H18Cl2O4. The number of ether oxygens (including phenoxy) is 1. The Morgan fingerprint density at radius 2 is 1.22 bits per heavy atom. The Morgan fingerprint density at radius 3 is 1.90 bits per heavy atom. The molecule has 0 amide bonds. The first-order valence-electron chi connectivity index (χ1n) is 13.0. The van der Waals surface area contributed by atoms with E-state index < -0.39 is 5.97 Å². The minimum Gasteiger partial charge on any atom is -0.465 e. The van der Waals surface area contributed by atoms with Crippen LogP contribution in [-0.4, -0.2) is 18.9 Å². The lowest BCUT2D eigenvalue weighted by Gasteiger charge is -2.16. The molecule has 6 heteroatoms. The second kappa shape index (κ2) is 8.68. The van der Waals surface area contributed by atoms with Crippen molar-refractivity contribution >= 4 is 78.4 Å². The Morgan fingerprint density at radius 1 is 0.659 bits per heavy atom. The van der Waals surface area contributed by atoms with E-state index in [-0.39, 0.29) is 5.78 Å². The first-order valence-corrected chi connectivity index (χ1v) is 13.8. The van der Waals surface area contributed by atoms with E-state index >= 15 is 0 Å². The molecule has 1 heterocycles. The number of methoxy groups -OCH3 is 1. The first kappa shape index (κ1) is 24.2. The van der Waals surface area contributed by atoms with Crippen molar-refractivity contribution in [3.05, 3.63) is 118 Å². The Hall–Kier alpha value is -4.64. The summed E-state index contributed by atoms with van der Waals surface area (Å²) in [5.74, 6) is -0.675. The molecular weight excluding hydrogens is 555 g/mol. The molecule has 0 unspecified atom stereocenters. The topological polar surface area (TPSA) is 56.5 Å². The number of para-hydroxylation sites is 1. The number of halogens is 2. The second-order valence-electron chi connectivity index (χ2n) is 10.1. The van der Waals surface area contributed by atoms with Crippen LogP contribution in [0.4, 0.5) is 0 Å². The van der Waals surface area contributed by atoms with E-state index in [0.29, 0.717) is 49.0 Å². The van der Waals surface area contributed by atoms with Crippen LogP contribution in [0, 0.1) is 0 Å². The summed E-state index contributed by atoms with van der Waals surface area (Å²) in [6.07, 6.45) is 0. The lowest BCUT2D eigenvalue weighted by molar-refractivity contribution is 0.0601. The number of carbonyl (C=O) groups excluding carboxylic acids is 2. The average Bonchev–Trinajstić information content (AvgIpc) is 3.52. The number of ketones is 1. The number of esters is 1. The predicted octanol–water partition coefficient (Wildman–Crippen LogP) is 9.86. The van der Waals surface area contributed by atoms with Crippen molar-refractivity contribution in [2.75, 3.05) is 7.11 Å². The van der Waals surface area contributed by atoms with Crippen LogP contribution in [0.3, 0.4) is 0 Å². The van der Waals surface area contributed by atoms with Gasteiger partial charge in [0.05, 0.1) is 12.7 Å². The Balaban J connectivity index is 1.61. The molecule has 1 aromatic heterocycles. The molecule has 0 saturated heterocycles. The number of benzene rings is 6. The second-order valence-corrected chi connectivity index (χ2v) is 10.9. The first-order chi connectivity index (χ1) is 20.0. The zero-order valence-corrected chi connectivity index (χ0v) is 23.1. The van der Waals surface area contributed by atoms with Gasteiger partial charge in [-0.1, -0.05) is 89.9 Å². The molecule has 0 aliphatic heterocycles. The van der Waals surface area contributed by atoms with Crippen molar-refractivity contribution in [1.29, 1.82) is 0 Å². The highest BCUT2D eigenvalue weighted by molar-refractivity contribution is 6.40. The molecule has 0 atom stereocenters. The van der Waals surface area contributed by atoms with E-state index in [4.69, 9.17) is 32.4 Å². The molecule has 0 radical (unpaired) electrons. The zero-order valence-electron chi connectivity index (χ0n) is 21.5. The SMILES string of the molecule is COC(=O)c1cc(Cl)c2ccccc2c1-c1cc2c(c3oc4ccccc4c13)-c1c(cc(Cl)c3ccccc13)C2=O. The lowest BCUT2D eigenvalue weighted by atomic mass is 9.87. The van der Waals surface area contributed by atoms with E-state index in [1.807, 2.05) is 78.9 Å². The fourth-order valence-corrected chi connectivity index (χ4v) is 6.89. The van der Waals surface area contributed by atoms with Crippen LogP contribution in [0.15, 0.2) is 95.4 Å². The summed E-state index contributed by atoms with van der Waals surface area (Å²) in [5, 5.41) is 5.91. The van der Waals surface area contributed by atoms with Crippen LogP contribution >= 0.6 is 23.2 Å². The molecule has 41 heavy (non-hydrogen) atoms. The standard InChI is InChI=1S/C35H18Cl2O4/c1-40-35(39)25-16-27(37)17-8-2-4-10-19(17)29(25)22-14-23-32(34-31(22)21-12-6-7-13-28(21)41-34)30-20-11-5-3-9-18(20)26(36)15-24(30)33(23)38/h2-16H,1H3. The Kier molecular flexibility index (Phi) is 5.12. The van der Waals surface area contributed by atoms with E-state index in [1.54, 1.807) is 12.1 Å². The summed E-state index contributed by atoms with van der Waals surface area (Å²) in [6.45, 7) is 0. The van der Waals surface area contributed by atoms with Crippen molar-refractivity contribution < 1.29 is 18.7 Å². The maximum absolute atomic E-state index is 14.1. The van der Waals surface area contributed by atoms with Gasteiger partial charge in [0, 0.05) is 59.4 Å². The van der Waals surface area contributed by atoms with Crippen LogP contribution in [0.25, 0.3) is 65.7 Å². The van der Waals surface area contributed by atoms with E-state index in [2.05, 4.69) is 0 Å². The molecule has 4 nitrogen and oxygen atoms in total. The van der Waals surface area contributed by atoms with Crippen molar-refractivity contribution in [3.8, 4) is 22.3 Å². The monoisotopic (exact) mass is 572 g/mol. The third-order valence-electron chi connectivity index (χ3n) is 8.05. The fourth-order valence-electron chi connectivity index (χ4n) is 6.34. The molecule has 196 valence electrons. The van der Waals surface area contributed by atoms with Gasteiger partial charge in [-0.2, -0.15) is 0 Å². The van der Waals surface area contributed by atoms with Crippen molar-refractivity contribution in [2.45, 2.75) is 0 Å². The highest BCUT2D eigenvalue weighted by atomic mass is 35.5. The summed E-state index contributed by atoms with van der Waals surface area (Å²) in [6, 6.07) is 28.5. The van der Waals surface area contributed by atoms with Gasteiger partial charge in [0.2, 0.25) is 0 Å². The Bertz CT molecular complexity index is 2310. The minimum absolute atomic E-state index is 0.149. The maximum atomic E-state index is 14.1. The van der Waals surface area contributed by atoms with Gasteiger partial charge in [-0.05, 0) is 40.6 Å². The molecule has 8 rings (SSSR count). The van der Waals surface area contributed by atoms with Gasteiger partial charge < -0.3 is 9.15 Å². The van der Waals surface area contributed by atoms with Crippen LogP contribution in [0.5, 0.6) is 0 Å². The maximum Gasteiger partial charge on any atom is 0.338 e. The molecule has 0 saturated carbocycles. The summed E-state index contributed by atoms with van der Waals surface area (Å²) < 4.78 is 11.8. The van der Waals surface area contributed by atoms with Crippen molar-refractivity contribution in [1.82, 2.24) is 0 Å². The van der Waals surface area contributed by atoms with E-state index in [1.165, 1.54) is 7.11 Å². The largest absolute Gasteiger partial charge is 0.465 e. The molecule has 1 aliphatic rings. The number of fused-ring (bicyclic) bond motifs is 10. The van der Waals surface area contributed by atoms with Gasteiger partial charge in [-0.15, -0.1) is 0 Å².